The fourth-order valence-corrected chi connectivity index (χ4v) is 2.76. The molecule has 2 aromatic rings. The largest absolute Gasteiger partial charge is 0.348 e. The fraction of sp³-hybridized carbons (Fsp3) is 0.263. The minimum absolute atomic E-state index is 0.0889. The van der Waals surface area contributed by atoms with Gasteiger partial charge in [0.2, 0.25) is 0 Å². The number of hydrogen-bond acceptors (Lipinski definition) is 3. The quantitative estimate of drug-likeness (QED) is 0.692. The van der Waals surface area contributed by atoms with Crippen LogP contribution in [-0.2, 0) is 0 Å². The van der Waals surface area contributed by atoms with Gasteiger partial charge < -0.3 is 21.3 Å². The van der Waals surface area contributed by atoms with Crippen molar-refractivity contribution in [1.29, 1.82) is 0 Å². The van der Waals surface area contributed by atoms with Crippen molar-refractivity contribution in [2.45, 2.75) is 18.9 Å². The van der Waals surface area contributed by atoms with Gasteiger partial charge in [0.05, 0.1) is 0 Å². The van der Waals surface area contributed by atoms with Crippen molar-refractivity contribution in [3.63, 3.8) is 0 Å². The standard InChI is InChI=1S/C19H22N4O2/c24-18(21-17-7-4-12-20-13-17)14-8-10-16(11-9-14)23-19(25)22-15-5-2-1-3-6-15/h1-3,5-6,8-11,17,20H,4,7,12-13H2,(H,21,24)(H2,22,23,25)/t17-/m0/s1. The van der Waals surface area contributed by atoms with E-state index in [1.54, 1.807) is 24.3 Å². The SMILES string of the molecule is O=C(Nc1ccccc1)Nc1ccc(C(=O)N[C@H]2CCCNC2)cc1. The second-order valence-corrected chi connectivity index (χ2v) is 6.04. The van der Waals surface area contributed by atoms with Crippen molar-refractivity contribution in [2.75, 3.05) is 23.7 Å². The van der Waals surface area contributed by atoms with Gasteiger partial charge in [-0.25, -0.2) is 4.79 Å². The number of hydrogen-bond donors (Lipinski definition) is 4. The lowest BCUT2D eigenvalue weighted by Crippen LogP contribution is -2.45. The van der Waals surface area contributed by atoms with Crippen LogP contribution in [0.3, 0.4) is 0 Å². The highest BCUT2D eigenvalue weighted by Crippen LogP contribution is 2.12. The molecule has 0 aliphatic carbocycles. The molecule has 6 heteroatoms. The predicted octanol–water partition coefficient (Wildman–Crippen LogP) is 2.81. The number of urea groups is 1. The van der Waals surface area contributed by atoms with Crippen LogP contribution >= 0.6 is 0 Å². The molecular formula is C19H22N4O2. The number of nitrogens with one attached hydrogen (secondary N) is 4. The first-order valence-electron chi connectivity index (χ1n) is 8.45. The molecule has 1 aliphatic heterocycles. The average molecular weight is 338 g/mol. The molecule has 3 amide bonds. The maximum atomic E-state index is 12.2. The van der Waals surface area contributed by atoms with E-state index in [1.165, 1.54) is 0 Å². The van der Waals surface area contributed by atoms with Crippen LogP contribution in [0.5, 0.6) is 0 Å². The van der Waals surface area contributed by atoms with Gasteiger partial charge in [-0.1, -0.05) is 18.2 Å². The second-order valence-electron chi connectivity index (χ2n) is 6.04. The van der Waals surface area contributed by atoms with E-state index in [2.05, 4.69) is 21.3 Å². The molecule has 0 spiro atoms. The van der Waals surface area contributed by atoms with Gasteiger partial charge in [0.15, 0.2) is 0 Å². The Morgan fingerprint density at radius 3 is 2.24 bits per heavy atom. The van der Waals surface area contributed by atoms with Crippen molar-refractivity contribution in [2.24, 2.45) is 0 Å². The Balaban J connectivity index is 1.52. The molecule has 1 heterocycles. The van der Waals surface area contributed by atoms with E-state index >= 15 is 0 Å². The molecule has 3 rings (SSSR count). The molecule has 0 unspecified atom stereocenters. The lowest BCUT2D eigenvalue weighted by atomic mass is 10.1. The highest BCUT2D eigenvalue weighted by molar-refractivity contribution is 6.00. The highest BCUT2D eigenvalue weighted by Gasteiger charge is 2.16. The molecule has 25 heavy (non-hydrogen) atoms. The van der Waals surface area contributed by atoms with Crippen LogP contribution in [0.2, 0.25) is 0 Å². The summed E-state index contributed by atoms with van der Waals surface area (Å²) in [5.41, 5.74) is 1.93. The van der Waals surface area contributed by atoms with Gasteiger partial charge in [-0.05, 0) is 55.8 Å². The number of benzene rings is 2. The van der Waals surface area contributed by atoms with E-state index < -0.39 is 0 Å². The normalized spacial score (nSPS) is 16.7. The van der Waals surface area contributed by atoms with Crippen molar-refractivity contribution in [3.05, 3.63) is 60.2 Å². The summed E-state index contributed by atoms with van der Waals surface area (Å²) in [6.45, 7) is 1.82. The predicted molar refractivity (Wildman–Crippen MR) is 98.9 cm³/mol. The third kappa shape index (κ3) is 5.06. The van der Waals surface area contributed by atoms with Crippen LogP contribution in [0, 0.1) is 0 Å². The third-order valence-electron chi connectivity index (χ3n) is 4.07. The molecule has 0 saturated carbocycles. The van der Waals surface area contributed by atoms with Crippen LogP contribution in [0.1, 0.15) is 23.2 Å². The zero-order chi connectivity index (χ0) is 17.5. The molecule has 0 radical (unpaired) electrons. The van der Waals surface area contributed by atoms with Gasteiger partial charge in [-0.15, -0.1) is 0 Å². The van der Waals surface area contributed by atoms with E-state index in [9.17, 15) is 9.59 Å². The van der Waals surface area contributed by atoms with Crippen molar-refractivity contribution in [3.8, 4) is 0 Å². The number of amides is 3. The van der Waals surface area contributed by atoms with Crippen LogP contribution < -0.4 is 21.3 Å². The van der Waals surface area contributed by atoms with Gasteiger partial charge in [-0.2, -0.15) is 0 Å². The molecule has 130 valence electrons. The fourth-order valence-electron chi connectivity index (χ4n) is 2.76. The zero-order valence-corrected chi connectivity index (χ0v) is 13.9. The minimum atomic E-state index is -0.323. The highest BCUT2D eigenvalue weighted by atomic mass is 16.2. The molecule has 1 aliphatic rings. The molecule has 1 saturated heterocycles. The van der Waals surface area contributed by atoms with E-state index in [0.717, 1.165) is 31.6 Å². The lowest BCUT2D eigenvalue weighted by Gasteiger charge is -2.23. The van der Waals surface area contributed by atoms with Gasteiger partial charge in [0.1, 0.15) is 0 Å². The summed E-state index contributed by atoms with van der Waals surface area (Å²) in [5.74, 6) is -0.0889. The number of piperidine rings is 1. The number of carbonyl (C=O) groups is 2. The first kappa shape index (κ1) is 17.0. The lowest BCUT2D eigenvalue weighted by molar-refractivity contribution is 0.0930. The smallest absolute Gasteiger partial charge is 0.323 e. The van der Waals surface area contributed by atoms with Gasteiger partial charge in [0, 0.05) is 29.5 Å². The summed E-state index contributed by atoms with van der Waals surface area (Å²) in [6.07, 6.45) is 2.07. The topological polar surface area (TPSA) is 82.3 Å². The molecule has 0 aromatic heterocycles. The molecule has 0 bridgehead atoms. The summed E-state index contributed by atoms with van der Waals surface area (Å²) in [6, 6.07) is 15.9. The molecular weight excluding hydrogens is 316 g/mol. The van der Waals surface area contributed by atoms with E-state index in [1.807, 2.05) is 30.3 Å². The summed E-state index contributed by atoms with van der Waals surface area (Å²) in [5, 5.41) is 11.8. The number of anilines is 2. The van der Waals surface area contributed by atoms with Gasteiger partial charge in [0.25, 0.3) is 5.91 Å². The van der Waals surface area contributed by atoms with Crippen molar-refractivity contribution in [1.82, 2.24) is 10.6 Å². The Morgan fingerprint density at radius 1 is 0.920 bits per heavy atom. The monoisotopic (exact) mass is 338 g/mol. The molecule has 6 nitrogen and oxygen atoms in total. The van der Waals surface area contributed by atoms with Gasteiger partial charge in [-0.3, -0.25) is 4.79 Å². The Kier molecular flexibility index (Phi) is 5.64. The van der Waals surface area contributed by atoms with E-state index in [-0.39, 0.29) is 18.0 Å². The van der Waals surface area contributed by atoms with Crippen LogP contribution in [-0.4, -0.2) is 31.1 Å². The maximum absolute atomic E-state index is 12.2. The summed E-state index contributed by atoms with van der Waals surface area (Å²) >= 11 is 0. The molecule has 2 aromatic carbocycles. The molecule has 1 atom stereocenters. The average Bonchev–Trinajstić information content (AvgIpc) is 2.64. The first-order chi connectivity index (χ1) is 12.2. The van der Waals surface area contributed by atoms with E-state index in [4.69, 9.17) is 0 Å². The number of para-hydroxylation sites is 1. The van der Waals surface area contributed by atoms with Crippen molar-refractivity contribution < 1.29 is 9.59 Å². The van der Waals surface area contributed by atoms with Crippen molar-refractivity contribution >= 4 is 23.3 Å². The molecule has 1 fully saturated rings. The Labute approximate surface area is 147 Å². The Hall–Kier alpha value is -2.86. The zero-order valence-electron chi connectivity index (χ0n) is 13.9. The van der Waals surface area contributed by atoms with E-state index in [0.29, 0.717) is 11.3 Å². The summed E-state index contributed by atoms with van der Waals surface area (Å²) < 4.78 is 0. The van der Waals surface area contributed by atoms with Crippen LogP contribution in [0.15, 0.2) is 54.6 Å². The Morgan fingerprint density at radius 2 is 1.60 bits per heavy atom. The van der Waals surface area contributed by atoms with Crippen LogP contribution in [0.25, 0.3) is 0 Å². The summed E-state index contributed by atoms with van der Waals surface area (Å²) in [7, 11) is 0. The number of carbonyl (C=O) groups excluding carboxylic acids is 2. The number of rotatable bonds is 4. The second kappa shape index (κ2) is 8.30. The molecule has 4 N–H and O–H groups in total. The Bertz CT molecular complexity index is 710. The summed E-state index contributed by atoms with van der Waals surface area (Å²) in [4.78, 5) is 24.2. The van der Waals surface area contributed by atoms with Crippen LogP contribution in [0.4, 0.5) is 16.2 Å². The minimum Gasteiger partial charge on any atom is -0.348 e. The first-order valence-corrected chi connectivity index (χ1v) is 8.45. The third-order valence-corrected chi connectivity index (χ3v) is 4.07. The maximum Gasteiger partial charge on any atom is 0.323 e. The van der Waals surface area contributed by atoms with Gasteiger partial charge >= 0.3 is 6.03 Å².